The summed E-state index contributed by atoms with van der Waals surface area (Å²) in [7, 11) is 0. The predicted molar refractivity (Wildman–Crippen MR) is 86.6 cm³/mol. The molecule has 0 spiro atoms. The molecule has 1 N–H and O–H groups in total. The van der Waals surface area contributed by atoms with E-state index in [1.807, 2.05) is 0 Å². The molecule has 0 bridgehead atoms. The Morgan fingerprint density at radius 1 is 1.09 bits per heavy atom. The molecule has 4 rings (SSSR count). The first-order chi connectivity index (χ1) is 11.2. The number of carbonyl (C=O) groups is 1. The molecule has 1 aromatic carbocycles. The Kier molecular flexibility index (Phi) is 3.48. The highest BCUT2D eigenvalue weighted by Crippen LogP contribution is 2.46. The van der Waals surface area contributed by atoms with Crippen LogP contribution in [0.3, 0.4) is 0 Å². The van der Waals surface area contributed by atoms with Crippen molar-refractivity contribution in [1.29, 1.82) is 0 Å². The topological polar surface area (TPSA) is 66.3 Å². The minimum Gasteiger partial charge on any atom is -0.477 e. The molecule has 2 fully saturated rings. The van der Waals surface area contributed by atoms with Crippen LogP contribution in [-0.4, -0.2) is 34.1 Å². The lowest BCUT2D eigenvalue weighted by atomic mass is 9.96. The average Bonchev–Trinajstić information content (AvgIpc) is 3.14. The third-order valence-corrected chi connectivity index (χ3v) is 5.17. The Labute approximate surface area is 135 Å². The fourth-order valence-electron chi connectivity index (χ4n) is 4.08. The second-order valence-electron chi connectivity index (χ2n) is 6.55. The summed E-state index contributed by atoms with van der Waals surface area (Å²) < 4.78 is 0. The maximum atomic E-state index is 11.1. The van der Waals surface area contributed by atoms with E-state index in [-0.39, 0.29) is 5.69 Å². The lowest BCUT2D eigenvalue weighted by Gasteiger charge is -2.19. The number of rotatable bonds is 3. The van der Waals surface area contributed by atoms with Crippen LogP contribution in [-0.2, 0) is 0 Å². The lowest BCUT2D eigenvalue weighted by Crippen LogP contribution is -2.24. The van der Waals surface area contributed by atoms with Gasteiger partial charge < -0.3 is 10.0 Å². The number of aromatic carboxylic acids is 1. The van der Waals surface area contributed by atoms with E-state index >= 15 is 0 Å². The van der Waals surface area contributed by atoms with Gasteiger partial charge in [0, 0.05) is 19.3 Å². The first-order valence-corrected chi connectivity index (χ1v) is 8.07. The van der Waals surface area contributed by atoms with Crippen molar-refractivity contribution in [2.75, 3.05) is 18.0 Å². The zero-order valence-electron chi connectivity index (χ0n) is 12.8. The van der Waals surface area contributed by atoms with Gasteiger partial charge in [0.1, 0.15) is 0 Å². The van der Waals surface area contributed by atoms with E-state index in [0.29, 0.717) is 23.7 Å². The van der Waals surface area contributed by atoms with Gasteiger partial charge in [-0.15, -0.1) is 0 Å². The molecule has 0 amide bonds. The molecule has 0 radical (unpaired) electrons. The van der Waals surface area contributed by atoms with Crippen LogP contribution in [0, 0.1) is 11.8 Å². The zero-order valence-corrected chi connectivity index (χ0v) is 12.8. The summed E-state index contributed by atoms with van der Waals surface area (Å²) in [5.74, 6) is 1.50. The summed E-state index contributed by atoms with van der Waals surface area (Å²) in [5, 5.41) is 9.07. The second kappa shape index (κ2) is 5.65. The smallest absolute Gasteiger partial charge is 0.354 e. The lowest BCUT2D eigenvalue weighted by molar-refractivity contribution is 0.0690. The minimum atomic E-state index is -1.00. The monoisotopic (exact) mass is 309 g/mol. The van der Waals surface area contributed by atoms with Crippen molar-refractivity contribution in [3.63, 3.8) is 0 Å². The van der Waals surface area contributed by atoms with Crippen LogP contribution in [0.2, 0.25) is 0 Å². The van der Waals surface area contributed by atoms with Crippen molar-refractivity contribution in [3.8, 4) is 0 Å². The largest absolute Gasteiger partial charge is 0.477 e. The fourth-order valence-corrected chi connectivity index (χ4v) is 4.08. The molecule has 1 aliphatic heterocycles. The molecule has 2 unspecified atom stereocenters. The van der Waals surface area contributed by atoms with Gasteiger partial charge in [0.15, 0.2) is 5.69 Å². The van der Waals surface area contributed by atoms with Gasteiger partial charge >= 0.3 is 5.97 Å². The molecule has 1 aromatic heterocycles. The van der Waals surface area contributed by atoms with Crippen LogP contribution in [0.4, 0.5) is 5.95 Å². The zero-order chi connectivity index (χ0) is 15.8. The normalized spacial score (nSPS) is 26.3. The van der Waals surface area contributed by atoms with Gasteiger partial charge in [0.25, 0.3) is 0 Å². The number of carboxylic acids is 1. The summed E-state index contributed by atoms with van der Waals surface area (Å²) in [5.41, 5.74) is 1.51. The highest BCUT2D eigenvalue weighted by atomic mass is 16.4. The Balaban J connectivity index is 1.46. The Morgan fingerprint density at radius 3 is 2.43 bits per heavy atom. The summed E-state index contributed by atoms with van der Waals surface area (Å²) in [6.45, 7) is 1.86. The fraction of sp³-hybridized carbons (Fsp3) is 0.389. The third kappa shape index (κ3) is 2.67. The quantitative estimate of drug-likeness (QED) is 0.944. The number of nitrogens with zero attached hydrogens (tertiary/aromatic N) is 3. The van der Waals surface area contributed by atoms with Crippen LogP contribution in [0.1, 0.15) is 34.8 Å². The van der Waals surface area contributed by atoms with Gasteiger partial charge in [-0.3, -0.25) is 0 Å². The predicted octanol–water partition coefficient (Wildman–Crippen LogP) is 2.80. The van der Waals surface area contributed by atoms with Gasteiger partial charge in [-0.05, 0) is 42.2 Å². The molecule has 1 saturated carbocycles. The number of fused-ring (bicyclic) bond motifs is 1. The first-order valence-electron chi connectivity index (χ1n) is 8.07. The van der Waals surface area contributed by atoms with Crippen molar-refractivity contribution in [2.45, 2.75) is 18.8 Å². The Bertz CT molecular complexity index is 705. The van der Waals surface area contributed by atoms with Crippen molar-refractivity contribution < 1.29 is 9.90 Å². The van der Waals surface area contributed by atoms with Crippen LogP contribution in [0.5, 0.6) is 0 Å². The molecule has 5 nitrogen and oxygen atoms in total. The van der Waals surface area contributed by atoms with Gasteiger partial charge in [-0.25, -0.2) is 14.8 Å². The summed E-state index contributed by atoms with van der Waals surface area (Å²) in [4.78, 5) is 21.6. The maximum absolute atomic E-state index is 11.1. The van der Waals surface area contributed by atoms with E-state index in [4.69, 9.17) is 5.11 Å². The number of carboxylic acid groups (broad SMARTS) is 1. The first kappa shape index (κ1) is 14.2. The summed E-state index contributed by atoms with van der Waals surface area (Å²) in [6.07, 6.45) is 3.93. The number of benzene rings is 1. The van der Waals surface area contributed by atoms with Gasteiger partial charge in [-0.2, -0.15) is 0 Å². The second-order valence-corrected chi connectivity index (χ2v) is 6.55. The van der Waals surface area contributed by atoms with Crippen LogP contribution in [0.15, 0.2) is 42.6 Å². The van der Waals surface area contributed by atoms with Gasteiger partial charge in [0.2, 0.25) is 5.95 Å². The van der Waals surface area contributed by atoms with Gasteiger partial charge in [0.05, 0.1) is 0 Å². The SMILES string of the molecule is O=C(O)c1ccnc(N2CC3CC(c4ccccc4)CC3C2)n1. The molecule has 1 saturated heterocycles. The number of aromatic nitrogens is 2. The molecule has 2 heterocycles. The highest BCUT2D eigenvalue weighted by Gasteiger charge is 2.42. The van der Waals surface area contributed by atoms with Crippen LogP contribution in [0.25, 0.3) is 0 Å². The Hall–Kier alpha value is -2.43. The average molecular weight is 309 g/mol. The molecule has 23 heavy (non-hydrogen) atoms. The highest BCUT2D eigenvalue weighted by molar-refractivity contribution is 5.85. The number of hydrogen-bond acceptors (Lipinski definition) is 4. The molecule has 2 aliphatic rings. The van der Waals surface area contributed by atoms with Crippen molar-refractivity contribution in [2.24, 2.45) is 11.8 Å². The van der Waals surface area contributed by atoms with Crippen molar-refractivity contribution in [1.82, 2.24) is 9.97 Å². The molecule has 1 aliphatic carbocycles. The van der Waals surface area contributed by atoms with Crippen LogP contribution < -0.4 is 4.90 Å². The molecule has 2 aromatic rings. The minimum absolute atomic E-state index is 0.0641. The van der Waals surface area contributed by atoms with E-state index in [1.165, 1.54) is 30.7 Å². The Morgan fingerprint density at radius 2 is 1.78 bits per heavy atom. The molecule has 118 valence electrons. The van der Waals surface area contributed by atoms with E-state index in [2.05, 4.69) is 45.2 Å². The molecule has 5 heteroatoms. The number of anilines is 1. The van der Waals surface area contributed by atoms with Gasteiger partial charge in [-0.1, -0.05) is 30.3 Å². The van der Waals surface area contributed by atoms with E-state index in [0.717, 1.165) is 13.1 Å². The van der Waals surface area contributed by atoms with E-state index < -0.39 is 5.97 Å². The summed E-state index contributed by atoms with van der Waals surface area (Å²) >= 11 is 0. The van der Waals surface area contributed by atoms with Crippen molar-refractivity contribution in [3.05, 3.63) is 53.9 Å². The van der Waals surface area contributed by atoms with E-state index in [1.54, 1.807) is 0 Å². The van der Waals surface area contributed by atoms with Crippen molar-refractivity contribution >= 4 is 11.9 Å². The standard InChI is InChI=1S/C18H19N3O2/c22-17(23)16-6-7-19-18(20-16)21-10-14-8-13(9-15(14)11-21)12-4-2-1-3-5-12/h1-7,13-15H,8-11H2,(H,22,23). The van der Waals surface area contributed by atoms with E-state index in [9.17, 15) is 4.79 Å². The molecular formula is C18H19N3O2. The summed E-state index contributed by atoms with van der Waals surface area (Å²) in [6, 6.07) is 12.2. The molecule has 2 atom stereocenters. The maximum Gasteiger partial charge on any atom is 0.354 e. The van der Waals surface area contributed by atoms with Crippen LogP contribution >= 0.6 is 0 Å². The third-order valence-electron chi connectivity index (χ3n) is 5.17. The molecular weight excluding hydrogens is 290 g/mol. The number of hydrogen-bond donors (Lipinski definition) is 1.